The van der Waals surface area contributed by atoms with Gasteiger partial charge in [-0.3, -0.25) is 9.88 Å². The van der Waals surface area contributed by atoms with Crippen molar-refractivity contribution in [3.8, 4) is 5.75 Å². The van der Waals surface area contributed by atoms with E-state index in [4.69, 9.17) is 9.79 Å². The summed E-state index contributed by atoms with van der Waals surface area (Å²) in [4.78, 5) is 30.0. The zero-order chi connectivity index (χ0) is 16.9. The van der Waals surface area contributed by atoms with E-state index < -0.39 is 13.7 Å². The van der Waals surface area contributed by atoms with Gasteiger partial charge in [0.15, 0.2) is 5.78 Å². The minimum atomic E-state index is -4.42. The molecule has 0 bridgehead atoms. The number of unbranched alkanes of at least 4 members (excludes halogenated alkanes) is 1. The maximum Gasteiger partial charge on any atom is 0.427 e. The number of carbonyl (C=O) groups excluding carboxylic acids is 1. The predicted octanol–water partition coefficient (Wildman–Crippen LogP) is 2.43. The Morgan fingerprint density at radius 3 is 2.70 bits per heavy atom. The Hall–Kier alpha value is -1.88. The number of carbonyl (C=O) groups is 1. The largest absolute Gasteiger partial charge is 0.508 e. The smallest absolute Gasteiger partial charge is 0.427 e. The maximum absolute atomic E-state index is 11.9. The van der Waals surface area contributed by atoms with Crippen LogP contribution in [0, 0.1) is 5.92 Å². The van der Waals surface area contributed by atoms with Crippen LogP contribution < -0.4 is 5.09 Å². The van der Waals surface area contributed by atoms with Crippen LogP contribution in [0.5, 0.6) is 5.75 Å². The molecule has 0 fully saturated rings. The number of aryl methyl sites for hydroxylation is 1. The van der Waals surface area contributed by atoms with Crippen LogP contribution in [0.3, 0.4) is 0 Å². The van der Waals surface area contributed by atoms with Crippen molar-refractivity contribution in [2.45, 2.75) is 25.7 Å². The van der Waals surface area contributed by atoms with Crippen LogP contribution in [0.4, 0.5) is 0 Å². The van der Waals surface area contributed by atoms with Gasteiger partial charge < -0.3 is 14.9 Å². The Labute approximate surface area is 134 Å². The topological polar surface area (TPSA) is 107 Å². The fraction of sp³-hybridized carbons (Fsp3) is 0.312. The molecule has 0 saturated carbocycles. The lowest BCUT2D eigenvalue weighted by Gasteiger charge is -2.22. The van der Waals surface area contributed by atoms with Crippen molar-refractivity contribution in [1.29, 1.82) is 0 Å². The van der Waals surface area contributed by atoms with Gasteiger partial charge in [0, 0.05) is 5.70 Å². The molecule has 1 aliphatic rings. The Morgan fingerprint density at radius 1 is 1.22 bits per heavy atom. The van der Waals surface area contributed by atoms with Crippen molar-refractivity contribution in [3.05, 3.63) is 53.8 Å². The van der Waals surface area contributed by atoms with E-state index in [0.717, 1.165) is 24.8 Å². The molecule has 0 radical (unpaired) electrons. The number of hydrogen-bond donors (Lipinski definition) is 4. The summed E-state index contributed by atoms with van der Waals surface area (Å²) in [6.45, 7) is 0. The fourth-order valence-electron chi connectivity index (χ4n) is 2.60. The molecular weight excluding hydrogens is 317 g/mol. The molecule has 6 nitrogen and oxygen atoms in total. The summed E-state index contributed by atoms with van der Waals surface area (Å²) in [6, 6.07) is 7.02. The molecule has 1 unspecified atom stereocenters. The molecule has 0 amide bonds. The molecule has 0 saturated heterocycles. The first kappa shape index (κ1) is 17.5. The molecule has 0 aliphatic heterocycles. The first-order valence-corrected chi connectivity index (χ1v) is 9.00. The van der Waals surface area contributed by atoms with E-state index in [0.29, 0.717) is 6.42 Å². The predicted molar refractivity (Wildman–Crippen MR) is 86.6 cm³/mol. The lowest BCUT2D eigenvalue weighted by molar-refractivity contribution is -0.117. The van der Waals surface area contributed by atoms with Crippen molar-refractivity contribution in [2.75, 3.05) is 0 Å². The van der Waals surface area contributed by atoms with Crippen molar-refractivity contribution in [3.63, 3.8) is 0 Å². The van der Waals surface area contributed by atoms with Crippen molar-refractivity contribution >= 4 is 13.5 Å². The maximum atomic E-state index is 11.9. The number of aromatic hydroxyl groups is 1. The molecule has 2 rings (SSSR count). The van der Waals surface area contributed by atoms with Crippen LogP contribution >= 0.6 is 7.75 Å². The lowest BCUT2D eigenvalue weighted by Crippen LogP contribution is -2.25. The summed E-state index contributed by atoms with van der Waals surface area (Å²) < 4.78 is 11.1. The number of rotatable bonds is 7. The zero-order valence-electron chi connectivity index (χ0n) is 12.6. The lowest BCUT2D eigenvalue weighted by atomic mass is 9.90. The molecule has 0 aromatic heterocycles. The van der Waals surface area contributed by atoms with Crippen molar-refractivity contribution in [2.24, 2.45) is 5.92 Å². The number of phenolic OH excluding ortho intramolecular Hbond substituents is 1. The first-order chi connectivity index (χ1) is 10.8. The third kappa shape index (κ3) is 5.67. The van der Waals surface area contributed by atoms with E-state index in [1.807, 2.05) is 6.07 Å². The summed E-state index contributed by atoms with van der Waals surface area (Å²) in [7, 11) is -4.42. The molecule has 23 heavy (non-hydrogen) atoms. The van der Waals surface area contributed by atoms with Crippen LogP contribution in [-0.2, 0) is 15.8 Å². The number of benzene rings is 1. The summed E-state index contributed by atoms with van der Waals surface area (Å²) >= 11 is 0. The van der Waals surface area contributed by atoms with Gasteiger partial charge in [-0.15, -0.1) is 0 Å². The van der Waals surface area contributed by atoms with Gasteiger partial charge >= 0.3 is 7.75 Å². The van der Waals surface area contributed by atoms with Crippen molar-refractivity contribution < 1.29 is 24.3 Å². The average Bonchev–Trinajstić information content (AvgIpc) is 2.44. The first-order valence-electron chi connectivity index (χ1n) is 7.39. The van der Waals surface area contributed by atoms with Crippen LogP contribution in [0.1, 0.15) is 24.8 Å². The molecule has 0 spiro atoms. The molecular formula is C16H20NO5P. The molecule has 1 aliphatic carbocycles. The number of hydrogen-bond acceptors (Lipinski definition) is 3. The number of nitrogens with one attached hydrogen (secondary N) is 1. The van der Waals surface area contributed by atoms with Crippen LogP contribution in [0.15, 0.2) is 48.2 Å². The highest BCUT2D eigenvalue weighted by Gasteiger charge is 2.26. The van der Waals surface area contributed by atoms with Gasteiger partial charge in [0.25, 0.3) is 0 Å². The minimum absolute atomic E-state index is 0.152. The van der Waals surface area contributed by atoms with Gasteiger partial charge in [-0.05, 0) is 49.1 Å². The third-order valence-electron chi connectivity index (χ3n) is 3.65. The van der Waals surface area contributed by atoms with E-state index in [-0.39, 0.29) is 17.2 Å². The van der Waals surface area contributed by atoms with Gasteiger partial charge in [0.1, 0.15) is 5.75 Å². The molecule has 0 heterocycles. The van der Waals surface area contributed by atoms with E-state index in [1.54, 1.807) is 18.2 Å². The Kier molecular flexibility index (Phi) is 5.77. The second-order valence-corrected chi connectivity index (χ2v) is 6.82. The van der Waals surface area contributed by atoms with Gasteiger partial charge in [0.2, 0.25) is 0 Å². The molecule has 7 heteroatoms. The number of phenols is 1. The Morgan fingerprint density at radius 2 is 2.00 bits per heavy atom. The quantitative estimate of drug-likeness (QED) is 0.450. The number of allylic oxidation sites excluding steroid dienone is 4. The van der Waals surface area contributed by atoms with Gasteiger partial charge in [-0.25, -0.2) is 4.57 Å². The van der Waals surface area contributed by atoms with Crippen molar-refractivity contribution in [1.82, 2.24) is 5.09 Å². The molecule has 4 N–H and O–H groups in total. The highest BCUT2D eigenvalue weighted by molar-refractivity contribution is 7.49. The fourth-order valence-corrected chi connectivity index (χ4v) is 3.17. The van der Waals surface area contributed by atoms with Gasteiger partial charge in [-0.1, -0.05) is 24.6 Å². The van der Waals surface area contributed by atoms with Gasteiger partial charge in [-0.2, -0.15) is 0 Å². The van der Waals surface area contributed by atoms with Crippen LogP contribution in [0.2, 0.25) is 0 Å². The molecule has 124 valence electrons. The summed E-state index contributed by atoms with van der Waals surface area (Å²) in [5.41, 5.74) is 1.28. The second-order valence-electron chi connectivity index (χ2n) is 5.51. The SMILES string of the molecule is O=C1C=CC=C(NP(=O)(O)O)C1CCCCc1cccc(O)c1. The Bertz CT molecular complexity index is 677. The normalized spacial score (nSPS) is 17.9. The second kappa shape index (κ2) is 7.59. The van der Waals surface area contributed by atoms with E-state index in [2.05, 4.69) is 5.09 Å². The Balaban J connectivity index is 1.87. The van der Waals surface area contributed by atoms with E-state index >= 15 is 0 Å². The minimum Gasteiger partial charge on any atom is -0.508 e. The third-order valence-corrected chi connectivity index (χ3v) is 4.20. The summed E-state index contributed by atoms with van der Waals surface area (Å²) in [5.74, 6) is -0.469. The van der Waals surface area contributed by atoms with E-state index in [9.17, 15) is 14.5 Å². The average molecular weight is 337 g/mol. The summed E-state index contributed by atoms with van der Waals surface area (Å²) in [6.07, 6.45) is 7.28. The molecule has 1 aromatic carbocycles. The zero-order valence-corrected chi connectivity index (χ0v) is 13.4. The van der Waals surface area contributed by atoms with E-state index in [1.165, 1.54) is 18.2 Å². The monoisotopic (exact) mass is 337 g/mol. The van der Waals surface area contributed by atoms with Crippen LogP contribution in [-0.4, -0.2) is 20.7 Å². The van der Waals surface area contributed by atoms with Gasteiger partial charge in [0.05, 0.1) is 5.92 Å². The standard InChI is InChI=1S/C16H20NO5P/c18-13-7-3-6-12(11-13)5-1-2-8-14-15(17-23(20,21)22)9-4-10-16(14)19/h3-4,6-7,9-11,14,18H,1-2,5,8H2,(H3,17,20,21,22). The highest BCUT2D eigenvalue weighted by atomic mass is 31.2. The van der Waals surface area contributed by atoms with Crippen LogP contribution in [0.25, 0.3) is 0 Å². The summed E-state index contributed by atoms with van der Waals surface area (Å²) in [5, 5.41) is 11.5. The molecule has 1 atom stereocenters. The number of ketones is 1. The molecule has 1 aromatic rings. The highest BCUT2D eigenvalue weighted by Crippen LogP contribution is 2.34.